The molecule has 0 N–H and O–H groups in total. The molecule has 3 nitrogen and oxygen atoms in total. The van der Waals surface area contributed by atoms with E-state index in [4.69, 9.17) is 16.0 Å². The molecule has 0 aliphatic rings. The molecule has 5 heteroatoms. The Balaban J connectivity index is 1.73. The van der Waals surface area contributed by atoms with Gasteiger partial charge in [0.1, 0.15) is 5.76 Å². The van der Waals surface area contributed by atoms with E-state index in [-0.39, 0.29) is 0 Å². The van der Waals surface area contributed by atoms with E-state index in [1.54, 1.807) is 11.3 Å². The van der Waals surface area contributed by atoms with Crippen LogP contribution in [0.25, 0.3) is 11.5 Å². The van der Waals surface area contributed by atoms with E-state index in [9.17, 15) is 0 Å². The Morgan fingerprint density at radius 3 is 2.52 bits per heavy atom. The van der Waals surface area contributed by atoms with Gasteiger partial charge in [-0.1, -0.05) is 11.6 Å². The number of benzene rings is 1. The van der Waals surface area contributed by atoms with Crippen LogP contribution in [-0.4, -0.2) is 16.9 Å². The van der Waals surface area contributed by atoms with E-state index in [1.165, 1.54) is 10.4 Å². The maximum atomic E-state index is 5.93. The number of nitrogens with zero attached hydrogens (tertiary/aromatic N) is 2. The largest absolute Gasteiger partial charge is 0.441 e. The van der Waals surface area contributed by atoms with Crippen molar-refractivity contribution < 1.29 is 4.42 Å². The maximum absolute atomic E-state index is 5.93. The third-order valence-corrected chi connectivity index (χ3v) is 5.04. The molecule has 1 aromatic carbocycles. The molecule has 0 radical (unpaired) electrons. The lowest BCUT2D eigenvalue weighted by atomic mass is 10.2. The summed E-state index contributed by atoms with van der Waals surface area (Å²) < 4.78 is 5.82. The zero-order valence-electron chi connectivity index (χ0n) is 13.5. The molecule has 2 aromatic heterocycles. The first kappa shape index (κ1) is 16.2. The molecule has 120 valence electrons. The van der Waals surface area contributed by atoms with Gasteiger partial charge in [-0.3, -0.25) is 4.90 Å². The second-order valence-electron chi connectivity index (χ2n) is 5.73. The van der Waals surface area contributed by atoms with Gasteiger partial charge in [0.05, 0.1) is 5.69 Å². The van der Waals surface area contributed by atoms with Crippen molar-refractivity contribution in [3.63, 3.8) is 0 Å². The van der Waals surface area contributed by atoms with Gasteiger partial charge >= 0.3 is 0 Å². The van der Waals surface area contributed by atoms with Crippen molar-refractivity contribution in [3.05, 3.63) is 62.6 Å². The first-order valence-corrected chi connectivity index (χ1v) is 8.72. The molecule has 3 aromatic rings. The normalized spacial score (nSPS) is 11.3. The Kier molecular flexibility index (Phi) is 4.85. The minimum Gasteiger partial charge on any atom is -0.441 e. The topological polar surface area (TPSA) is 29.3 Å². The summed E-state index contributed by atoms with van der Waals surface area (Å²) >= 11 is 7.73. The van der Waals surface area contributed by atoms with Gasteiger partial charge < -0.3 is 4.42 Å². The van der Waals surface area contributed by atoms with Gasteiger partial charge in [0, 0.05) is 28.6 Å². The lowest BCUT2D eigenvalue weighted by Gasteiger charge is -2.14. The van der Waals surface area contributed by atoms with E-state index >= 15 is 0 Å². The van der Waals surface area contributed by atoms with Crippen molar-refractivity contribution in [1.82, 2.24) is 9.88 Å². The standard InChI is InChI=1S/C18H19ClN2OS/c1-12-8-9-23-17(12)11-21(3)10-16-13(2)22-18(20-16)14-4-6-15(19)7-5-14/h4-9H,10-11H2,1-3H3. The van der Waals surface area contributed by atoms with Crippen LogP contribution in [-0.2, 0) is 13.1 Å². The highest BCUT2D eigenvalue weighted by Crippen LogP contribution is 2.24. The molecule has 3 rings (SSSR count). The average Bonchev–Trinajstić information content (AvgIpc) is 3.07. The SMILES string of the molecule is Cc1ccsc1CN(C)Cc1nc(-c2ccc(Cl)cc2)oc1C. The summed E-state index contributed by atoms with van der Waals surface area (Å²) in [5.74, 6) is 1.51. The Labute approximate surface area is 145 Å². The minimum atomic E-state index is 0.648. The molecule has 0 fully saturated rings. The second kappa shape index (κ2) is 6.87. The molecule has 0 aliphatic carbocycles. The lowest BCUT2D eigenvalue weighted by Crippen LogP contribution is -2.17. The van der Waals surface area contributed by atoms with E-state index in [0.717, 1.165) is 30.1 Å². The van der Waals surface area contributed by atoms with Crippen LogP contribution in [0.5, 0.6) is 0 Å². The van der Waals surface area contributed by atoms with Gasteiger partial charge in [0.25, 0.3) is 0 Å². The highest BCUT2D eigenvalue weighted by atomic mass is 35.5. The fraction of sp³-hybridized carbons (Fsp3) is 0.278. The summed E-state index contributed by atoms with van der Waals surface area (Å²) in [4.78, 5) is 8.31. The zero-order valence-corrected chi connectivity index (χ0v) is 15.0. The summed E-state index contributed by atoms with van der Waals surface area (Å²) in [6, 6.07) is 9.71. The number of halogens is 1. The quantitative estimate of drug-likeness (QED) is 0.627. The van der Waals surface area contributed by atoms with Crippen LogP contribution < -0.4 is 0 Å². The molecule has 0 spiro atoms. The first-order valence-electron chi connectivity index (χ1n) is 7.46. The second-order valence-corrected chi connectivity index (χ2v) is 7.16. The summed E-state index contributed by atoms with van der Waals surface area (Å²) in [5, 5.41) is 2.85. The van der Waals surface area contributed by atoms with E-state index in [0.29, 0.717) is 10.9 Å². The number of rotatable bonds is 5. The number of hydrogen-bond donors (Lipinski definition) is 0. The van der Waals surface area contributed by atoms with E-state index in [1.807, 2.05) is 31.2 Å². The smallest absolute Gasteiger partial charge is 0.226 e. The third kappa shape index (κ3) is 3.83. The van der Waals surface area contributed by atoms with Crippen LogP contribution in [0, 0.1) is 13.8 Å². The highest BCUT2D eigenvalue weighted by molar-refractivity contribution is 7.10. The fourth-order valence-electron chi connectivity index (χ4n) is 2.41. The van der Waals surface area contributed by atoms with Crippen LogP contribution in [0.15, 0.2) is 40.1 Å². The molecular formula is C18H19ClN2OS. The Morgan fingerprint density at radius 2 is 1.87 bits per heavy atom. The molecule has 0 bridgehead atoms. The van der Waals surface area contributed by atoms with Crippen molar-refractivity contribution in [1.29, 1.82) is 0 Å². The number of oxazole rings is 1. The molecule has 0 unspecified atom stereocenters. The fourth-order valence-corrected chi connectivity index (χ4v) is 3.52. The van der Waals surface area contributed by atoms with Crippen molar-refractivity contribution in [2.45, 2.75) is 26.9 Å². The number of hydrogen-bond acceptors (Lipinski definition) is 4. The van der Waals surface area contributed by atoms with Crippen LogP contribution in [0.1, 0.15) is 21.9 Å². The molecule has 0 saturated carbocycles. The Morgan fingerprint density at radius 1 is 1.13 bits per heavy atom. The van der Waals surface area contributed by atoms with Gasteiger partial charge in [0.2, 0.25) is 5.89 Å². The van der Waals surface area contributed by atoms with Gasteiger partial charge in [-0.15, -0.1) is 11.3 Å². The molecule has 0 atom stereocenters. The van der Waals surface area contributed by atoms with Crippen molar-refractivity contribution >= 4 is 22.9 Å². The first-order chi connectivity index (χ1) is 11.0. The molecule has 0 aliphatic heterocycles. The summed E-state index contributed by atoms with van der Waals surface area (Å²) in [7, 11) is 2.11. The van der Waals surface area contributed by atoms with Crippen molar-refractivity contribution in [2.24, 2.45) is 0 Å². The van der Waals surface area contributed by atoms with Crippen LogP contribution in [0.2, 0.25) is 5.02 Å². The number of aromatic nitrogens is 1. The predicted molar refractivity (Wildman–Crippen MR) is 95.9 cm³/mol. The number of thiophene rings is 1. The van der Waals surface area contributed by atoms with E-state index < -0.39 is 0 Å². The molecule has 0 amide bonds. The van der Waals surface area contributed by atoms with Gasteiger partial charge in [-0.05, 0) is 62.2 Å². The van der Waals surface area contributed by atoms with Crippen molar-refractivity contribution in [3.8, 4) is 11.5 Å². The third-order valence-electron chi connectivity index (χ3n) is 3.79. The summed E-state index contributed by atoms with van der Waals surface area (Å²) in [6.07, 6.45) is 0. The molecule has 0 saturated heterocycles. The monoisotopic (exact) mass is 346 g/mol. The van der Waals surface area contributed by atoms with Crippen LogP contribution in [0.3, 0.4) is 0 Å². The Hall–Kier alpha value is -1.62. The van der Waals surface area contributed by atoms with Crippen LogP contribution >= 0.6 is 22.9 Å². The number of aryl methyl sites for hydroxylation is 2. The zero-order chi connectivity index (χ0) is 16.4. The lowest BCUT2D eigenvalue weighted by molar-refractivity contribution is 0.315. The minimum absolute atomic E-state index is 0.648. The molecular weight excluding hydrogens is 328 g/mol. The molecule has 23 heavy (non-hydrogen) atoms. The van der Waals surface area contributed by atoms with Crippen LogP contribution in [0.4, 0.5) is 0 Å². The van der Waals surface area contributed by atoms with E-state index in [2.05, 4.69) is 35.3 Å². The predicted octanol–water partition coefficient (Wildman–Crippen LogP) is 5.31. The average molecular weight is 347 g/mol. The highest BCUT2D eigenvalue weighted by Gasteiger charge is 2.14. The summed E-state index contributed by atoms with van der Waals surface area (Å²) in [5.41, 5.74) is 3.27. The molecule has 2 heterocycles. The van der Waals surface area contributed by atoms with Gasteiger partial charge in [0.15, 0.2) is 0 Å². The van der Waals surface area contributed by atoms with Gasteiger partial charge in [-0.25, -0.2) is 4.98 Å². The Bertz CT molecular complexity index is 792. The maximum Gasteiger partial charge on any atom is 0.226 e. The summed E-state index contributed by atoms with van der Waals surface area (Å²) in [6.45, 7) is 5.80. The van der Waals surface area contributed by atoms with Crippen molar-refractivity contribution in [2.75, 3.05) is 7.05 Å². The van der Waals surface area contributed by atoms with Gasteiger partial charge in [-0.2, -0.15) is 0 Å².